The van der Waals surface area contributed by atoms with E-state index >= 15 is 0 Å². The van der Waals surface area contributed by atoms with E-state index in [1.165, 1.54) is 0 Å². The molecule has 0 saturated carbocycles. The van der Waals surface area contributed by atoms with Crippen molar-refractivity contribution in [1.82, 2.24) is 5.32 Å². The van der Waals surface area contributed by atoms with Crippen LogP contribution >= 0.6 is 0 Å². The Balaban J connectivity index is 1.96. The van der Waals surface area contributed by atoms with Crippen LogP contribution in [-0.4, -0.2) is 26.2 Å². The second kappa shape index (κ2) is 8.96. The van der Waals surface area contributed by atoms with Crippen molar-refractivity contribution in [3.8, 4) is 5.75 Å². The summed E-state index contributed by atoms with van der Waals surface area (Å²) in [5, 5.41) is 3.34. The highest BCUT2D eigenvalue weighted by molar-refractivity contribution is 5.78. The molecule has 0 aliphatic carbocycles. The number of methoxy groups -OCH3 is 1. The molecule has 122 valence electrons. The van der Waals surface area contributed by atoms with Gasteiger partial charge in [-0.05, 0) is 30.2 Å². The molecule has 4 nitrogen and oxygen atoms in total. The minimum atomic E-state index is -0.297. The zero-order valence-electron chi connectivity index (χ0n) is 13.6. The molecule has 0 heterocycles. The largest absolute Gasteiger partial charge is 0.497 e. The monoisotopic (exact) mass is 313 g/mol. The average Bonchev–Trinajstić information content (AvgIpc) is 2.60. The molecule has 0 aliphatic heterocycles. The predicted octanol–water partition coefficient (Wildman–Crippen LogP) is 3.13. The average molecular weight is 313 g/mol. The molecule has 0 saturated heterocycles. The first-order chi connectivity index (χ1) is 11.2. The topological polar surface area (TPSA) is 47.6 Å². The van der Waals surface area contributed by atoms with Crippen molar-refractivity contribution in [2.45, 2.75) is 19.4 Å². The number of rotatable bonds is 8. The minimum Gasteiger partial charge on any atom is -0.497 e. The summed E-state index contributed by atoms with van der Waals surface area (Å²) in [6.07, 6.45) is 0. The number of ether oxygens (including phenoxy) is 2. The van der Waals surface area contributed by atoms with Gasteiger partial charge < -0.3 is 14.8 Å². The van der Waals surface area contributed by atoms with E-state index in [1.807, 2.05) is 61.5 Å². The zero-order valence-corrected chi connectivity index (χ0v) is 13.6. The highest BCUT2D eigenvalue weighted by Crippen LogP contribution is 2.17. The SMILES string of the molecule is CCOC(=O)C(CNCc1ccc(OC)cc1)c1ccccc1. The number of benzene rings is 2. The van der Waals surface area contributed by atoms with Crippen LogP contribution < -0.4 is 10.1 Å². The predicted molar refractivity (Wildman–Crippen MR) is 90.5 cm³/mol. The summed E-state index contributed by atoms with van der Waals surface area (Å²) in [5.41, 5.74) is 2.11. The third-order valence-corrected chi connectivity index (χ3v) is 3.61. The lowest BCUT2D eigenvalue weighted by atomic mass is 9.99. The fraction of sp³-hybridized carbons (Fsp3) is 0.316. The lowest BCUT2D eigenvalue weighted by Crippen LogP contribution is -2.28. The maximum atomic E-state index is 12.2. The molecule has 2 rings (SSSR count). The second-order valence-corrected chi connectivity index (χ2v) is 5.19. The lowest BCUT2D eigenvalue weighted by molar-refractivity contribution is -0.144. The molecule has 0 amide bonds. The lowest BCUT2D eigenvalue weighted by Gasteiger charge is -2.17. The van der Waals surface area contributed by atoms with Gasteiger partial charge in [0.15, 0.2) is 0 Å². The van der Waals surface area contributed by atoms with E-state index in [0.29, 0.717) is 19.7 Å². The molecule has 0 aromatic heterocycles. The summed E-state index contributed by atoms with van der Waals surface area (Å²) in [6.45, 7) is 3.44. The fourth-order valence-electron chi connectivity index (χ4n) is 2.37. The van der Waals surface area contributed by atoms with Gasteiger partial charge in [-0.1, -0.05) is 42.5 Å². The normalized spacial score (nSPS) is 11.7. The van der Waals surface area contributed by atoms with Gasteiger partial charge in [0, 0.05) is 13.1 Å². The van der Waals surface area contributed by atoms with Crippen LogP contribution in [0.4, 0.5) is 0 Å². The molecule has 0 aliphatic rings. The first-order valence-corrected chi connectivity index (χ1v) is 7.79. The fourth-order valence-corrected chi connectivity index (χ4v) is 2.37. The van der Waals surface area contributed by atoms with Gasteiger partial charge in [0.1, 0.15) is 5.75 Å². The molecule has 0 radical (unpaired) electrons. The molecule has 4 heteroatoms. The third kappa shape index (κ3) is 5.11. The van der Waals surface area contributed by atoms with Crippen LogP contribution in [0.25, 0.3) is 0 Å². The van der Waals surface area contributed by atoms with E-state index in [0.717, 1.165) is 16.9 Å². The summed E-state index contributed by atoms with van der Waals surface area (Å²) in [6, 6.07) is 17.6. The molecule has 2 aromatic rings. The Kier molecular flexibility index (Phi) is 6.63. The van der Waals surface area contributed by atoms with Gasteiger partial charge in [-0.15, -0.1) is 0 Å². The van der Waals surface area contributed by atoms with Crippen molar-refractivity contribution in [2.24, 2.45) is 0 Å². The van der Waals surface area contributed by atoms with Crippen molar-refractivity contribution in [2.75, 3.05) is 20.3 Å². The molecular weight excluding hydrogens is 290 g/mol. The molecule has 0 bridgehead atoms. The van der Waals surface area contributed by atoms with E-state index in [2.05, 4.69) is 5.32 Å². The van der Waals surface area contributed by atoms with Gasteiger partial charge in [-0.3, -0.25) is 4.79 Å². The second-order valence-electron chi connectivity index (χ2n) is 5.19. The van der Waals surface area contributed by atoms with Crippen LogP contribution in [0.15, 0.2) is 54.6 Å². The Hall–Kier alpha value is -2.33. The van der Waals surface area contributed by atoms with Gasteiger partial charge in [-0.25, -0.2) is 0 Å². The molecule has 0 fully saturated rings. The van der Waals surface area contributed by atoms with Gasteiger partial charge >= 0.3 is 5.97 Å². The first-order valence-electron chi connectivity index (χ1n) is 7.79. The van der Waals surface area contributed by atoms with Crippen LogP contribution in [0, 0.1) is 0 Å². The first kappa shape index (κ1) is 17.0. The Bertz CT molecular complexity index is 596. The van der Waals surface area contributed by atoms with Gasteiger partial charge in [-0.2, -0.15) is 0 Å². The van der Waals surface area contributed by atoms with E-state index in [1.54, 1.807) is 7.11 Å². The molecule has 1 N–H and O–H groups in total. The van der Waals surface area contributed by atoms with E-state index < -0.39 is 0 Å². The van der Waals surface area contributed by atoms with Crippen LogP contribution in [0.2, 0.25) is 0 Å². The number of hydrogen-bond donors (Lipinski definition) is 1. The molecule has 23 heavy (non-hydrogen) atoms. The molecule has 1 unspecified atom stereocenters. The van der Waals surface area contributed by atoms with Crippen molar-refractivity contribution >= 4 is 5.97 Å². The number of nitrogens with one attached hydrogen (secondary N) is 1. The zero-order chi connectivity index (χ0) is 16.5. The van der Waals surface area contributed by atoms with Gasteiger partial charge in [0.2, 0.25) is 0 Å². The van der Waals surface area contributed by atoms with Crippen LogP contribution in [0.3, 0.4) is 0 Å². The number of carbonyl (C=O) groups is 1. The van der Waals surface area contributed by atoms with Gasteiger partial charge in [0.05, 0.1) is 19.6 Å². The van der Waals surface area contributed by atoms with Crippen molar-refractivity contribution in [3.05, 3.63) is 65.7 Å². The summed E-state index contributed by atoms with van der Waals surface area (Å²) in [5.74, 6) is 0.345. The Morgan fingerprint density at radius 3 is 2.39 bits per heavy atom. The summed E-state index contributed by atoms with van der Waals surface area (Å²) >= 11 is 0. The van der Waals surface area contributed by atoms with Crippen molar-refractivity contribution in [3.63, 3.8) is 0 Å². The standard InChI is InChI=1S/C19H23NO3/c1-3-23-19(21)18(16-7-5-4-6-8-16)14-20-13-15-9-11-17(22-2)12-10-15/h4-12,18,20H,3,13-14H2,1-2H3. The highest BCUT2D eigenvalue weighted by atomic mass is 16.5. The van der Waals surface area contributed by atoms with Crippen LogP contribution in [-0.2, 0) is 16.1 Å². The Morgan fingerprint density at radius 1 is 1.09 bits per heavy atom. The molecule has 0 spiro atoms. The van der Waals surface area contributed by atoms with Crippen LogP contribution in [0.1, 0.15) is 24.0 Å². The van der Waals surface area contributed by atoms with Crippen LogP contribution in [0.5, 0.6) is 5.75 Å². The minimum absolute atomic E-state index is 0.194. The van der Waals surface area contributed by atoms with Crippen molar-refractivity contribution in [1.29, 1.82) is 0 Å². The summed E-state index contributed by atoms with van der Waals surface area (Å²) in [4.78, 5) is 12.2. The smallest absolute Gasteiger partial charge is 0.314 e. The number of carbonyl (C=O) groups excluding carboxylic acids is 1. The van der Waals surface area contributed by atoms with Gasteiger partial charge in [0.25, 0.3) is 0 Å². The maximum Gasteiger partial charge on any atom is 0.314 e. The Morgan fingerprint density at radius 2 is 1.78 bits per heavy atom. The maximum absolute atomic E-state index is 12.2. The Labute approximate surface area is 137 Å². The number of hydrogen-bond acceptors (Lipinski definition) is 4. The van der Waals surface area contributed by atoms with E-state index in [-0.39, 0.29) is 11.9 Å². The third-order valence-electron chi connectivity index (χ3n) is 3.61. The highest BCUT2D eigenvalue weighted by Gasteiger charge is 2.21. The summed E-state index contributed by atoms with van der Waals surface area (Å²) in [7, 11) is 1.65. The van der Waals surface area contributed by atoms with E-state index in [4.69, 9.17) is 9.47 Å². The van der Waals surface area contributed by atoms with Crippen molar-refractivity contribution < 1.29 is 14.3 Å². The quantitative estimate of drug-likeness (QED) is 0.761. The summed E-state index contributed by atoms with van der Waals surface area (Å²) < 4.78 is 10.3. The molecular formula is C19H23NO3. The van der Waals surface area contributed by atoms with E-state index in [9.17, 15) is 4.79 Å². The molecule has 1 atom stereocenters. The number of esters is 1. The molecule has 2 aromatic carbocycles.